The highest BCUT2D eigenvalue weighted by Gasteiger charge is 2.15. The molecule has 0 aromatic heterocycles. The molecule has 0 aliphatic heterocycles. The van der Waals surface area contributed by atoms with Crippen molar-refractivity contribution >= 4 is 23.3 Å². The Morgan fingerprint density at radius 1 is 1.17 bits per heavy atom. The minimum absolute atomic E-state index is 0.0168. The summed E-state index contributed by atoms with van der Waals surface area (Å²) in [7, 11) is 3.05. The summed E-state index contributed by atoms with van der Waals surface area (Å²) in [5.74, 6) is 1.11. The lowest BCUT2D eigenvalue weighted by Crippen LogP contribution is -2.32. The van der Waals surface area contributed by atoms with E-state index in [1.54, 1.807) is 42.5 Å². The van der Waals surface area contributed by atoms with Crippen molar-refractivity contribution < 1.29 is 19.4 Å². The molecule has 6 nitrogen and oxygen atoms in total. The summed E-state index contributed by atoms with van der Waals surface area (Å²) in [6.45, 7) is 0.0168. The molecule has 0 saturated heterocycles. The normalized spacial score (nSPS) is 11.5. The third-order valence-corrected chi connectivity index (χ3v) is 3.61. The number of anilines is 1. The fraction of sp³-hybridized carbons (Fsp3) is 0.235. The van der Waals surface area contributed by atoms with Crippen molar-refractivity contribution in [3.63, 3.8) is 0 Å². The summed E-state index contributed by atoms with van der Waals surface area (Å²) >= 11 is 5.79. The van der Waals surface area contributed by atoms with Crippen LogP contribution >= 0.6 is 11.6 Å². The molecule has 0 aliphatic rings. The van der Waals surface area contributed by atoms with Gasteiger partial charge >= 0.3 is 6.03 Å². The van der Waals surface area contributed by atoms with E-state index in [9.17, 15) is 9.90 Å². The number of aliphatic hydroxyl groups is 1. The van der Waals surface area contributed by atoms with Crippen LogP contribution in [-0.4, -0.2) is 31.9 Å². The van der Waals surface area contributed by atoms with Crippen molar-refractivity contribution in [1.29, 1.82) is 0 Å². The lowest BCUT2D eigenvalue weighted by atomic mass is 10.1. The summed E-state index contributed by atoms with van der Waals surface area (Å²) in [5.41, 5.74) is 1.13. The average molecular weight is 351 g/mol. The third-order valence-electron chi connectivity index (χ3n) is 3.35. The molecule has 0 heterocycles. The van der Waals surface area contributed by atoms with Crippen molar-refractivity contribution in [1.82, 2.24) is 5.32 Å². The van der Waals surface area contributed by atoms with Gasteiger partial charge in [0.1, 0.15) is 17.6 Å². The molecule has 7 heteroatoms. The number of rotatable bonds is 6. The summed E-state index contributed by atoms with van der Waals surface area (Å²) in [6.07, 6.45) is -0.939. The molecule has 0 spiro atoms. The van der Waals surface area contributed by atoms with Crippen molar-refractivity contribution in [2.45, 2.75) is 6.10 Å². The van der Waals surface area contributed by atoms with E-state index in [1.165, 1.54) is 14.2 Å². The van der Waals surface area contributed by atoms with E-state index in [0.29, 0.717) is 27.8 Å². The molecule has 0 saturated carbocycles. The fourth-order valence-electron chi connectivity index (χ4n) is 2.11. The first-order chi connectivity index (χ1) is 11.5. The van der Waals surface area contributed by atoms with Crippen LogP contribution in [0.2, 0.25) is 5.02 Å². The summed E-state index contributed by atoms with van der Waals surface area (Å²) in [6, 6.07) is 11.4. The van der Waals surface area contributed by atoms with Gasteiger partial charge in [0.15, 0.2) is 0 Å². The van der Waals surface area contributed by atoms with Gasteiger partial charge in [-0.15, -0.1) is 0 Å². The molecule has 2 aromatic rings. The van der Waals surface area contributed by atoms with Crippen molar-refractivity contribution in [2.24, 2.45) is 0 Å². The van der Waals surface area contributed by atoms with E-state index >= 15 is 0 Å². The standard InChI is InChI=1S/C17H19ClN2O4/c1-23-13-7-8-16(24-2)14(9-13)15(21)10-19-17(22)20-12-5-3-11(18)4-6-12/h3-9,15,21H,10H2,1-2H3,(H2,19,20,22)/t15-/m1/s1. The van der Waals surface area contributed by atoms with E-state index < -0.39 is 12.1 Å². The number of carbonyl (C=O) groups excluding carboxylic acids is 1. The zero-order valence-corrected chi connectivity index (χ0v) is 14.1. The highest BCUT2D eigenvalue weighted by molar-refractivity contribution is 6.30. The Hall–Kier alpha value is -2.44. The number of methoxy groups -OCH3 is 2. The Morgan fingerprint density at radius 3 is 2.50 bits per heavy atom. The SMILES string of the molecule is COc1ccc(OC)c([C@H](O)CNC(=O)Nc2ccc(Cl)cc2)c1. The lowest BCUT2D eigenvalue weighted by Gasteiger charge is -2.17. The number of ether oxygens (including phenoxy) is 2. The number of nitrogens with one attached hydrogen (secondary N) is 2. The number of benzene rings is 2. The van der Waals surface area contributed by atoms with Gasteiger partial charge in [-0.2, -0.15) is 0 Å². The number of urea groups is 1. The van der Waals surface area contributed by atoms with E-state index in [2.05, 4.69) is 10.6 Å². The second-order valence-corrected chi connectivity index (χ2v) is 5.40. The molecule has 2 aromatic carbocycles. The summed E-state index contributed by atoms with van der Waals surface area (Å²) < 4.78 is 10.4. The number of hydrogen-bond acceptors (Lipinski definition) is 4. The van der Waals surface area contributed by atoms with Crippen LogP contribution in [0.3, 0.4) is 0 Å². The maximum absolute atomic E-state index is 11.9. The summed E-state index contributed by atoms with van der Waals surface area (Å²) in [4.78, 5) is 11.9. The van der Waals surface area contributed by atoms with Crippen LogP contribution in [0, 0.1) is 0 Å². The number of aliphatic hydroxyl groups excluding tert-OH is 1. The fourth-order valence-corrected chi connectivity index (χ4v) is 2.23. The highest BCUT2D eigenvalue weighted by atomic mass is 35.5. The third kappa shape index (κ3) is 4.78. The van der Waals surface area contributed by atoms with Crippen LogP contribution in [0.15, 0.2) is 42.5 Å². The first kappa shape index (κ1) is 17.9. The van der Waals surface area contributed by atoms with Gasteiger partial charge in [0.2, 0.25) is 0 Å². The minimum Gasteiger partial charge on any atom is -0.497 e. The van der Waals surface area contributed by atoms with Crippen molar-refractivity contribution in [3.05, 3.63) is 53.1 Å². The van der Waals surface area contributed by atoms with Gasteiger partial charge in [-0.05, 0) is 42.5 Å². The molecule has 0 fully saturated rings. The van der Waals surface area contributed by atoms with Crippen LogP contribution in [0.1, 0.15) is 11.7 Å². The van der Waals surface area contributed by atoms with Crippen molar-refractivity contribution in [2.75, 3.05) is 26.1 Å². The van der Waals surface area contributed by atoms with E-state index in [0.717, 1.165) is 0 Å². The topological polar surface area (TPSA) is 79.8 Å². The van der Waals surface area contributed by atoms with Gasteiger partial charge < -0.3 is 25.2 Å². The van der Waals surface area contributed by atoms with Gasteiger partial charge in [-0.25, -0.2) is 4.79 Å². The van der Waals surface area contributed by atoms with Crippen LogP contribution in [-0.2, 0) is 0 Å². The number of halogens is 1. The molecular formula is C17H19ClN2O4. The Labute approximate surface area is 145 Å². The molecule has 24 heavy (non-hydrogen) atoms. The zero-order chi connectivity index (χ0) is 17.5. The van der Waals surface area contributed by atoms with Gasteiger partial charge in [0.05, 0.1) is 14.2 Å². The molecule has 0 aliphatic carbocycles. The molecule has 2 rings (SSSR count). The molecule has 2 amide bonds. The van der Waals surface area contributed by atoms with Gasteiger partial charge in [-0.3, -0.25) is 0 Å². The molecule has 0 unspecified atom stereocenters. The quantitative estimate of drug-likeness (QED) is 0.747. The van der Waals surface area contributed by atoms with Gasteiger partial charge in [0, 0.05) is 22.8 Å². The maximum atomic E-state index is 11.9. The Bertz CT molecular complexity index is 691. The summed E-state index contributed by atoms with van der Waals surface area (Å²) in [5, 5.41) is 16.1. The number of amides is 2. The smallest absolute Gasteiger partial charge is 0.319 e. The molecule has 3 N–H and O–H groups in total. The second kappa shape index (κ2) is 8.42. The lowest BCUT2D eigenvalue weighted by molar-refractivity contribution is 0.170. The minimum atomic E-state index is -0.939. The van der Waals surface area contributed by atoms with Crippen LogP contribution in [0.25, 0.3) is 0 Å². The van der Waals surface area contributed by atoms with Gasteiger partial charge in [-0.1, -0.05) is 11.6 Å². The van der Waals surface area contributed by atoms with E-state index in [1.807, 2.05) is 0 Å². The molecular weight excluding hydrogens is 332 g/mol. The van der Waals surface area contributed by atoms with Crippen LogP contribution in [0.5, 0.6) is 11.5 Å². The average Bonchev–Trinajstić information content (AvgIpc) is 2.61. The molecule has 1 atom stereocenters. The van der Waals surface area contributed by atoms with E-state index in [-0.39, 0.29) is 6.54 Å². The Morgan fingerprint density at radius 2 is 1.88 bits per heavy atom. The van der Waals surface area contributed by atoms with Crippen molar-refractivity contribution in [3.8, 4) is 11.5 Å². The highest BCUT2D eigenvalue weighted by Crippen LogP contribution is 2.29. The Balaban J connectivity index is 1.95. The predicted octanol–water partition coefficient (Wildman–Crippen LogP) is 3.21. The molecule has 0 bridgehead atoms. The molecule has 0 radical (unpaired) electrons. The van der Waals surface area contributed by atoms with Crippen LogP contribution in [0.4, 0.5) is 10.5 Å². The first-order valence-electron chi connectivity index (χ1n) is 7.24. The van der Waals surface area contributed by atoms with Crippen LogP contribution < -0.4 is 20.1 Å². The first-order valence-corrected chi connectivity index (χ1v) is 7.61. The molecule has 128 valence electrons. The zero-order valence-electron chi connectivity index (χ0n) is 13.4. The van der Waals surface area contributed by atoms with E-state index in [4.69, 9.17) is 21.1 Å². The largest absolute Gasteiger partial charge is 0.497 e. The Kier molecular flexibility index (Phi) is 6.28. The predicted molar refractivity (Wildman–Crippen MR) is 93.0 cm³/mol. The number of carbonyl (C=O) groups is 1. The number of hydrogen-bond donors (Lipinski definition) is 3. The van der Waals surface area contributed by atoms with Gasteiger partial charge in [0.25, 0.3) is 0 Å². The second-order valence-electron chi connectivity index (χ2n) is 4.97. The maximum Gasteiger partial charge on any atom is 0.319 e. The monoisotopic (exact) mass is 350 g/mol.